The van der Waals surface area contributed by atoms with Crippen LogP contribution in [0.4, 0.5) is 17.1 Å². The summed E-state index contributed by atoms with van der Waals surface area (Å²) in [5.41, 5.74) is 3.04. The van der Waals surface area contributed by atoms with E-state index in [2.05, 4.69) is 10.2 Å². The average molecular weight is 480 g/mol. The Labute approximate surface area is 201 Å². The molecule has 0 radical (unpaired) electrons. The smallest absolute Gasteiger partial charge is 0.264 e. The van der Waals surface area contributed by atoms with Gasteiger partial charge in [-0.25, -0.2) is 8.42 Å². The first-order chi connectivity index (χ1) is 16.4. The normalized spacial score (nSPS) is 14.0. The van der Waals surface area contributed by atoms with Crippen LogP contribution >= 0.6 is 0 Å². The van der Waals surface area contributed by atoms with E-state index in [1.165, 1.54) is 10.4 Å². The summed E-state index contributed by atoms with van der Waals surface area (Å²) < 4.78 is 33.9. The van der Waals surface area contributed by atoms with Gasteiger partial charge in [-0.15, -0.1) is 0 Å². The molecule has 0 aromatic heterocycles. The van der Waals surface area contributed by atoms with Crippen molar-refractivity contribution < 1.29 is 17.9 Å². The molecule has 1 aliphatic rings. The molecule has 4 rings (SSSR count). The number of sulfonamides is 1. The number of hydrogen-bond acceptors (Lipinski definition) is 5. The fraction of sp³-hybridized carbons (Fsp3) is 0.269. The predicted molar refractivity (Wildman–Crippen MR) is 135 cm³/mol. The third kappa shape index (κ3) is 4.93. The number of carbonyl (C=O) groups excluding carboxylic acids is 1. The van der Waals surface area contributed by atoms with Crippen molar-refractivity contribution in [3.63, 3.8) is 0 Å². The van der Waals surface area contributed by atoms with Crippen molar-refractivity contribution in [2.24, 2.45) is 0 Å². The minimum atomic E-state index is -3.86. The van der Waals surface area contributed by atoms with Gasteiger partial charge in [0.05, 0.1) is 35.2 Å². The monoisotopic (exact) mass is 479 g/mol. The van der Waals surface area contributed by atoms with Gasteiger partial charge < -0.3 is 15.0 Å². The van der Waals surface area contributed by atoms with E-state index in [0.717, 1.165) is 18.8 Å². The van der Waals surface area contributed by atoms with Gasteiger partial charge in [0, 0.05) is 25.2 Å². The molecule has 0 unspecified atom stereocenters. The summed E-state index contributed by atoms with van der Waals surface area (Å²) >= 11 is 0. The van der Waals surface area contributed by atoms with Gasteiger partial charge in [0.25, 0.3) is 15.9 Å². The quantitative estimate of drug-likeness (QED) is 0.547. The average Bonchev–Trinajstić information content (AvgIpc) is 2.86. The van der Waals surface area contributed by atoms with Crippen molar-refractivity contribution in [2.45, 2.75) is 18.7 Å². The molecule has 178 valence electrons. The minimum absolute atomic E-state index is 0.118. The molecule has 1 heterocycles. The van der Waals surface area contributed by atoms with E-state index < -0.39 is 10.0 Å². The molecule has 0 aliphatic carbocycles. The molecular weight excluding hydrogens is 450 g/mol. The summed E-state index contributed by atoms with van der Waals surface area (Å²) in [6, 6.07) is 21.4. The molecule has 7 nitrogen and oxygen atoms in total. The number of carbonyl (C=O) groups is 1. The van der Waals surface area contributed by atoms with Gasteiger partial charge in [-0.1, -0.05) is 36.4 Å². The zero-order valence-corrected chi connectivity index (χ0v) is 20.2. The highest BCUT2D eigenvalue weighted by atomic mass is 32.2. The van der Waals surface area contributed by atoms with E-state index in [1.54, 1.807) is 50.2 Å². The van der Waals surface area contributed by atoms with E-state index in [4.69, 9.17) is 4.74 Å². The van der Waals surface area contributed by atoms with Gasteiger partial charge in [0.15, 0.2) is 0 Å². The number of aryl methyl sites for hydroxylation is 1. The third-order valence-electron chi connectivity index (χ3n) is 5.85. The third-order valence-corrected chi connectivity index (χ3v) is 7.90. The Morgan fingerprint density at radius 3 is 2.38 bits per heavy atom. The van der Waals surface area contributed by atoms with Crippen LogP contribution in [-0.4, -0.2) is 47.2 Å². The maximum Gasteiger partial charge on any atom is 0.264 e. The summed E-state index contributed by atoms with van der Waals surface area (Å²) in [5.74, 6) is -0.361. The number of benzene rings is 3. The maximum absolute atomic E-state index is 13.6. The lowest BCUT2D eigenvalue weighted by Gasteiger charge is -2.30. The predicted octanol–water partition coefficient (Wildman–Crippen LogP) is 4.30. The first-order valence-corrected chi connectivity index (χ1v) is 12.8. The fourth-order valence-electron chi connectivity index (χ4n) is 4.08. The SMILES string of the molecule is CCN(c1ccccc1)S(=O)(=O)c1cc(C(=O)Nc2ccccc2N2CCOCC2)ccc1C. The molecule has 0 saturated carbocycles. The minimum Gasteiger partial charge on any atom is -0.378 e. The van der Waals surface area contributed by atoms with Gasteiger partial charge in [-0.3, -0.25) is 9.10 Å². The summed E-state index contributed by atoms with van der Waals surface area (Å²) in [6.45, 7) is 6.56. The Kier molecular flexibility index (Phi) is 7.19. The second-order valence-corrected chi connectivity index (χ2v) is 9.89. The first-order valence-electron chi connectivity index (χ1n) is 11.3. The standard InChI is InChI=1S/C26H29N3O4S/c1-3-29(22-9-5-4-6-10-22)34(31,32)25-19-21(14-13-20(25)2)26(30)27-23-11-7-8-12-24(23)28-15-17-33-18-16-28/h4-14,19H,3,15-18H2,1-2H3,(H,27,30). The van der Waals surface area contributed by atoms with Crippen LogP contribution in [0.3, 0.4) is 0 Å². The largest absolute Gasteiger partial charge is 0.378 e. The summed E-state index contributed by atoms with van der Waals surface area (Å²) in [7, 11) is -3.86. The number of morpholine rings is 1. The molecule has 1 fully saturated rings. The van der Waals surface area contributed by atoms with Gasteiger partial charge in [0.2, 0.25) is 0 Å². The molecule has 0 atom stereocenters. The number of nitrogens with zero attached hydrogens (tertiary/aromatic N) is 2. The summed E-state index contributed by atoms with van der Waals surface area (Å²) in [5, 5.41) is 2.97. The molecule has 0 spiro atoms. The number of anilines is 3. The second kappa shape index (κ2) is 10.3. The van der Waals surface area contributed by atoms with Gasteiger partial charge in [0.1, 0.15) is 0 Å². The Morgan fingerprint density at radius 2 is 1.68 bits per heavy atom. The van der Waals surface area contributed by atoms with Crippen molar-refractivity contribution in [3.8, 4) is 0 Å². The molecular formula is C26H29N3O4S. The van der Waals surface area contributed by atoms with E-state index in [0.29, 0.717) is 30.2 Å². The molecule has 1 aliphatic heterocycles. The maximum atomic E-state index is 13.6. The lowest BCUT2D eigenvalue weighted by molar-refractivity contribution is 0.102. The Balaban J connectivity index is 1.63. The van der Waals surface area contributed by atoms with Gasteiger partial charge in [-0.05, 0) is 55.8 Å². The van der Waals surface area contributed by atoms with Crippen molar-refractivity contribution in [1.82, 2.24) is 0 Å². The van der Waals surface area contributed by atoms with Crippen molar-refractivity contribution in [3.05, 3.63) is 83.9 Å². The van der Waals surface area contributed by atoms with Crippen LogP contribution in [0.5, 0.6) is 0 Å². The highest BCUT2D eigenvalue weighted by Gasteiger charge is 2.26. The molecule has 3 aromatic rings. The van der Waals surface area contributed by atoms with Crippen LogP contribution in [0, 0.1) is 6.92 Å². The first kappa shape index (κ1) is 23.8. The van der Waals surface area contributed by atoms with Crippen LogP contribution in [0.15, 0.2) is 77.7 Å². The summed E-state index contributed by atoms with van der Waals surface area (Å²) in [6.07, 6.45) is 0. The van der Waals surface area contributed by atoms with Crippen molar-refractivity contribution in [1.29, 1.82) is 0 Å². The number of para-hydroxylation sites is 3. The van der Waals surface area contributed by atoms with E-state index in [1.807, 2.05) is 30.3 Å². The number of rotatable bonds is 7. The number of nitrogens with one attached hydrogen (secondary N) is 1. The van der Waals surface area contributed by atoms with Gasteiger partial charge >= 0.3 is 0 Å². The van der Waals surface area contributed by atoms with E-state index in [9.17, 15) is 13.2 Å². The van der Waals surface area contributed by atoms with Crippen molar-refractivity contribution >= 4 is 33.0 Å². The van der Waals surface area contributed by atoms with Crippen LogP contribution in [-0.2, 0) is 14.8 Å². The highest BCUT2D eigenvalue weighted by Crippen LogP contribution is 2.29. The van der Waals surface area contributed by atoms with Crippen LogP contribution in [0.25, 0.3) is 0 Å². The second-order valence-electron chi connectivity index (χ2n) is 8.06. The Morgan fingerprint density at radius 1 is 1.00 bits per heavy atom. The van der Waals surface area contributed by atoms with Crippen LogP contribution < -0.4 is 14.5 Å². The Bertz CT molecular complexity index is 1260. The number of amides is 1. The molecule has 1 saturated heterocycles. The zero-order valence-electron chi connectivity index (χ0n) is 19.4. The topological polar surface area (TPSA) is 79.0 Å². The molecule has 3 aromatic carbocycles. The van der Waals surface area contributed by atoms with Crippen LogP contribution in [0.1, 0.15) is 22.8 Å². The highest BCUT2D eigenvalue weighted by molar-refractivity contribution is 7.92. The molecule has 1 N–H and O–H groups in total. The van der Waals surface area contributed by atoms with Crippen molar-refractivity contribution in [2.75, 3.05) is 47.4 Å². The molecule has 0 bridgehead atoms. The Hall–Kier alpha value is -3.36. The van der Waals surface area contributed by atoms with Gasteiger partial charge in [-0.2, -0.15) is 0 Å². The molecule has 1 amide bonds. The number of ether oxygens (including phenoxy) is 1. The number of hydrogen-bond donors (Lipinski definition) is 1. The molecule has 8 heteroatoms. The lowest BCUT2D eigenvalue weighted by Crippen LogP contribution is -2.36. The lowest BCUT2D eigenvalue weighted by atomic mass is 10.1. The summed E-state index contributed by atoms with van der Waals surface area (Å²) in [4.78, 5) is 15.5. The van der Waals surface area contributed by atoms with E-state index in [-0.39, 0.29) is 22.9 Å². The fourth-order valence-corrected chi connectivity index (χ4v) is 5.80. The molecule has 34 heavy (non-hydrogen) atoms. The van der Waals surface area contributed by atoms with E-state index >= 15 is 0 Å². The zero-order chi connectivity index (χ0) is 24.1. The van der Waals surface area contributed by atoms with Crippen LogP contribution in [0.2, 0.25) is 0 Å².